The number of aryl methyl sites for hydroxylation is 1. The van der Waals surface area contributed by atoms with E-state index in [1.807, 2.05) is 31.2 Å². The fourth-order valence-corrected chi connectivity index (χ4v) is 3.68. The van der Waals surface area contributed by atoms with E-state index < -0.39 is 5.97 Å². The van der Waals surface area contributed by atoms with Gasteiger partial charge >= 0.3 is 5.97 Å². The van der Waals surface area contributed by atoms with Crippen LogP contribution < -0.4 is 10.1 Å². The Morgan fingerprint density at radius 2 is 1.92 bits per heavy atom. The highest BCUT2D eigenvalue weighted by molar-refractivity contribution is 7.16. The van der Waals surface area contributed by atoms with Gasteiger partial charge in [0.2, 0.25) is 5.91 Å². The molecule has 2 aromatic rings. The highest BCUT2D eigenvalue weighted by atomic mass is 32.1. The van der Waals surface area contributed by atoms with Crippen LogP contribution >= 0.6 is 11.3 Å². The summed E-state index contributed by atoms with van der Waals surface area (Å²) in [5.74, 6) is 0.474. The van der Waals surface area contributed by atoms with Crippen LogP contribution in [0.15, 0.2) is 30.3 Å². The highest BCUT2D eigenvalue weighted by Crippen LogP contribution is 2.48. The number of thiophene rings is 1. The van der Waals surface area contributed by atoms with Gasteiger partial charge in [-0.2, -0.15) is 0 Å². The average Bonchev–Trinajstić information content (AvgIpc) is 3.32. The minimum Gasteiger partial charge on any atom is -0.497 e. The lowest BCUT2D eigenvalue weighted by Gasteiger charge is -2.06. The Balaban J connectivity index is 1.67. The van der Waals surface area contributed by atoms with Crippen LogP contribution in [0.3, 0.4) is 0 Å². The Kier molecular flexibility index (Phi) is 4.57. The average molecular weight is 345 g/mol. The molecule has 6 heteroatoms. The number of ether oxygens (including phenoxy) is 2. The zero-order chi connectivity index (χ0) is 17.3. The normalized spacial score (nSPS) is 18.8. The van der Waals surface area contributed by atoms with E-state index in [0.717, 1.165) is 22.6 Å². The minimum atomic E-state index is -0.433. The maximum atomic E-state index is 12.5. The molecule has 0 spiro atoms. The molecule has 1 saturated carbocycles. The number of methoxy groups -OCH3 is 2. The summed E-state index contributed by atoms with van der Waals surface area (Å²) in [5.41, 5.74) is 1.54. The van der Waals surface area contributed by atoms with Gasteiger partial charge in [-0.25, -0.2) is 4.79 Å². The number of carbonyl (C=O) groups is 2. The molecule has 1 heterocycles. The summed E-state index contributed by atoms with van der Waals surface area (Å²) in [6, 6.07) is 9.53. The van der Waals surface area contributed by atoms with Gasteiger partial charge in [-0.15, -0.1) is 11.3 Å². The standard InChI is InChI=1S/C18H19NO4S/c1-10-8-15(18(21)23-3)17(24-10)19-16(20)14-9-13(14)11-4-6-12(22-2)7-5-11/h4-8,13-14H,9H2,1-3H3,(H,19,20). The van der Waals surface area contributed by atoms with Gasteiger partial charge in [0.1, 0.15) is 10.8 Å². The van der Waals surface area contributed by atoms with Crippen LogP contribution in [0.2, 0.25) is 0 Å². The zero-order valence-electron chi connectivity index (χ0n) is 13.8. The predicted molar refractivity (Wildman–Crippen MR) is 92.9 cm³/mol. The van der Waals surface area contributed by atoms with Crippen LogP contribution in [0.5, 0.6) is 5.75 Å². The summed E-state index contributed by atoms with van der Waals surface area (Å²) < 4.78 is 9.91. The molecule has 1 aliphatic rings. The molecule has 2 unspecified atom stereocenters. The lowest BCUT2D eigenvalue weighted by atomic mass is 10.1. The van der Waals surface area contributed by atoms with E-state index in [1.165, 1.54) is 18.4 Å². The number of anilines is 1. The van der Waals surface area contributed by atoms with Gasteiger partial charge in [-0.1, -0.05) is 12.1 Å². The molecule has 1 amide bonds. The van der Waals surface area contributed by atoms with E-state index in [0.29, 0.717) is 10.6 Å². The van der Waals surface area contributed by atoms with Crippen molar-refractivity contribution in [3.8, 4) is 5.75 Å². The van der Waals surface area contributed by atoms with E-state index in [-0.39, 0.29) is 17.7 Å². The quantitative estimate of drug-likeness (QED) is 0.841. The second kappa shape index (κ2) is 6.65. The Labute approximate surface area is 144 Å². The van der Waals surface area contributed by atoms with Crippen LogP contribution in [0, 0.1) is 12.8 Å². The van der Waals surface area contributed by atoms with Crippen molar-refractivity contribution in [2.45, 2.75) is 19.3 Å². The van der Waals surface area contributed by atoms with E-state index in [4.69, 9.17) is 9.47 Å². The number of carbonyl (C=O) groups excluding carboxylic acids is 2. The Morgan fingerprint density at radius 3 is 2.54 bits per heavy atom. The van der Waals surface area contributed by atoms with Gasteiger partial charge in [-0.3, -0.25) is 4.79 Å². The Morgan fingerprint density at radius 1 is 1.21 bits per heavy atom. The van der Waals surface area contributed by atoms with Gasteiger partial charge in [-0.05, 0) is 43.0 Å². The maximum Gasteiger partial charge on any atom is 0.340 e. The minimum absolute atomic E-state index is 0.0529. The number of hydrogen-bond acceptors (Lipinski definition) is 5. The lowest BCUT2D eigenvalue weighted by Crippen LogP contribution is -2.16. The first-order valence-electron chi connectivity index (χ1n) is 7.67. The number of nitrogens with one attached hydrogen (secondary N) is 1. The van der Waals surface area contributed by atoms with Crippen LogP contribution in [0.1, 0.15) is 33.1 Å². The predicted octanol–water partition coefficient (Wildman–Crippen LogP) is 3.59. The largest absolute Gasteiger partial charge is 0.497 e. The van der Waals surface area contributed by atoms with Gasteiger partial charge < -0.3 is 14.8 Å². The first-order chi connectivity index (χ1) is 11.5. The maximum absolute atomic E-state index is 12.5. The van der Waals surface area contributed by atoms with Crippen LogP contribution in [0.4, 0.5) is 5.00 Å². The molecule has 1 fully saturated rings. The summed E-state index contributed by atoms with van der Waals surface area (Å²) in [4.78, 5) is 25.2. The van der Waals surface area contributed by atoms with Crippen molar-refractivity contribution < 1.29 is 19.1 Å². The first kappa shape index (κ1) is 16.5. The highest BCUT2D eigenvalue weighted by Gasteiger charge is 2.44. The zero-order valence-corrected chi connectivity index (χ0v) is 14.6. The summed E-state index contributed by atoms with van der Waals surface area (Å²) >= 11 is 1.38. The second-order valence-electron chi connectivity index (χ2n) is 5.80. The third-order valence-corrected chi connectivity index (χ3v) is 5.13. The molecule has 126 valence electrons. The van der Waals surface area contributed by atoms with Crippen molar-refractivity contribution in [1.82, 2.24) is 0 Å². The monoisotopic (exact) mass is 345 g/mol. The Bertz CT molecular complexity index is 766. The van der Waals surface area contributed by atoms with E-state index in [9.17, 15) is 9.59 Å². The van der Waals surface area contributed by atoms with E-state index in [1.54, 1.807) is 13.2 Å². The van der Waals surface area contributed by atoms with Crippen LogP contribution in [-0.2, 0) is 9.53 Å². The lowest BCUT2D eigenvalue weighted by molar-refractivity contribution is -0.117. The Hall–Kier alpha value is -2.34. The summed E-state index contributed by atoms with van der Waals surface area (Å²) in [5, 5.41) is 3.44. The van der Waals surface area contributed by atoms with Crippen molar-refractivity contribution in [3.05, 3.63) is 46.3 Å². The number of benzene rings is 1. The van der Waals surface area contributed by atoms with Gasteiger partial charge in [0.25, 0.3) is 0 Å². The molecule has 0 aliphatic heterocycles. The SMILES string of the molecule is COC(=O)c1cc(C)sc1NC(=O)C1CC1c1ccc(OC)cc1. The smallest absolute Gasteiger partial charge is 0.340 e. The molecule has 1 aromatic carbocycles. The van der Waals surface area contributed by atoms with Crippen molar-refractivity contribution in [3.63, 3.8) is 0 Å². The topological polar surface area (TPSA) is 64.6 Å². The van der Waals surface area contributed by atoms with Crippen molar-refractivity contribution in [2.75, 3.05) is 19.5 Å². The third kappa shape index (κ3) is 3.28. The molecule has 5 nitrogen and oxygen atoms in total. The van der Waals surface area contributed by atoms with E-state index in [2.05, 4.69) is 5.32 Å². The molecule has 2 atom stereocenters. The van der Waals surface area contributed by atoms with Crippen LogP contribution in [0.25, 0.3) is 0 Å². The number of hydrogen-bond donors (Lipinski definition) is 1. The molecule has 1 N–H and O–H groups in total. The second-order valence-corrected chi connectivity index (χ2v) is 7.06. The number of esters is 1. The van der Waals surface area contributed by atoms with Gasteiger partial charge in [0.15, 0.2) is 0 Å². The number of rotatable bonds is 5. The molecule has 0 saturated heterocycles. The van der Waals surface area contributed by atoms with Crippen molar-refractivity contribution in [2.24, 2.45) is 5.92 Å². The van der Waals surface area contributed by atoms with Gasteiger partial charge in [0.05, 0.1) is 19.8 Å². The molecular formula is C18H19NO4S. The van der Waals surface area contributed by atoms with Gasteiger partial charge in [0, 0.05) is 10.8 Å². The first-order valence-corrected chi connectivity index (χ1v) is 8.48. The summed E-state index contributed by atoms with van der Waals surface area (Å²) in [7, 11) is 2.96. The molecule has 1 aliphatic carbocycles. The fraction of sp³-hybridized carbons (Fsp3) is 0.333. The molecule has 3 rings (SSSR count). The molecular weight excluding hydrogens is 326 g/mol. The molecule has 1 aromatic heterocycles. The third-order valence-electron chi connectivity index (χ3n) is 4.17. The fourth-order valence-electron chi connectivity index (χ4n) is 2.78. The number of amides is 1. The molecule has 0 bridgehead atoms. The van der Waals surface area contributed by atoms with E-state index >= 15 is 0 Å². The summed E-state index contributed by atoms with van der Waals surface area (Å²) in [6.45, 7) is 1.89. The van der Waals surface area contributed by atoms with Crippen LogP contribution in [-0.4, -0.2) is 26.1 Å². The van der Waals surface area contributed by atoms with Crippen molar-refractivity contribution in [1.29, 1.82) is 0 Å². The van der Waals surface area contributed by atoms with Crippen molar-refractivity contribution >= 4 is 28.2 Å². The molecule has 24 heavy (non-hydrogen) atoms. The molecule has 0 radical (unpaired) electrons. The summed E-state index contributed by atoms with van der Waals surface area (Å²) in [6.07, 6.45) is 0.816.